The van der Waals surface area contributed by atoms with Crippen molar-refractivity contribution in [3.63, 3.8) is 0 Å². The Hall–Kier alpha value is -4.74. The molecule has 0 fully saturated rings. The number of nitrogens with one attached hydrogen (secondary N) is 4. The van der Waals surface area contributed by atoms with Crippen LogP contribution in [0.25, 0.3) is 16.5 Å². The van der Waals surface area contributed by atoms with Crippen LogP contribution in [0.2, 0.25) is 0 Å². The van der Waals surface area contributed by atoms with Crippen molar-refractivity contribution in [1.82, 2.24) is 14.8 Å². The third kappa shape index (κ3) is 8.99. The molecule has 0 bridgehead atoms. The zero-order chi connectivity index (χ0) is 34.3. The first kappa shape index (κ1) is 34.6. The van der Waals surface area contributed by atoms with E-state index in [0.717, 1.165) is 35.6 Å². The smallest absolute Gasteiger partial charge is 0.324 e. The molecule has 3 amide bonds. The van der Waals surface area contributed by atoms with Gasteiger partial charge in [0.15, 0.2) is 0 Å². The van der Waals surface area contributed by atoms with Gasteiger partial charge in [-0.2, -0.15) is 5.10 Å². The Balaban J connectivity index is 1.38. The zero-order valence-corrected chi connectivity index (χ0v) is 29.3. The summed E-state index contributed by atoms with van der Waals surface area (Å²) in [4.78, 5) is 29.5. The molecule has 1 unspecified atom stereocenters. The van der Waals surface area contributed by atoms with E-state index in [9.17, 15) is 18.0 Å². The molecule has 0 aliphatic rings. The summed E-state index contributed by atoms with van der Waals surface area (Å²) in [6.07, 6.45) is 4.49. The number of urea groups is 1. The third-order valence-electron chi connectivity index (χ3n) is 6.88. The monoisotopic (exact) mass is 783 g/mol. The molecule has 3 aromatic carbocycles. The number of sulfonamides is 1. The van der Waals surface area contributed by atoms with Gasteiger partial charge in [-0.05, 0) is 48.9 Å². The van der Waals surface area contributed by atoms with Crippen LogP contribution in [0.5, 0.6) is 11.5 Å². The van der Waals surface area contributed by atoms with E-state index in [0.29, 0.717) is 40.2 Å². The molecule has 0 aliphatic carbocycles. The summed E-state index contributed by atoms with van der Waals surface area (Å²) in [5.41, 5.74) is 2.41. The number of anilines is 4. The summed E-state index contributed by atoms with van der Waals surface area (Å²) in [6, 6.07) is 22.3. The lowest BCUT2D eigenvalue weighted by atomic mass is 10.1. The number of nitrogens with zero attached hydrogens (tertiary/aromatic N) is 3. The van der Waals surface area contributed by atoms with Crippen molar-refractivity contribution in [1.29, 1.82) is 0 Å². The number of pyridine rings is 1. The second-order valence-corrected chi connectivity index (χ2v) is 14.0. The van der Waals surface area contributed by atoms with Gasteiger partial charge >= 0.3 is 6.03 Å². The molecule has 0 saturated carbocycles. The highest BCUT2D eigenvalue weighted by Gasteiger charge is 2.18. The molecule has 13 nitrogen and oxygen atoms in total. The summed E-state index contributed by atoms with van der Waals surface area (Å²) in [7, 11) is -2.00. The van der Waals surface area contributed by atoms with Crippen LogP contribution in [0, 0.1) is 0 Å². The van der Waals surface area contributed by atoms with Gasteiger partial charge in [0.1, 0.15) is 29.7 Å². The van der Waals surface area contributed by atoms with Crippen LogP contribution >= 0.6 is 22.6 Å². The molecule has 1 atom stereocenters. The van der Waals surface area contributed by atoms with E-state index in [1.807, 2.05) is 30.3 Å². The van der Waals surface area contributed by atoms with E-state index >= 15 is 0 Å². The summed E-state index contributed by atoms with van der Waals surface area (Å²) in [5, 5.41) is 14.8. The fourth-order valence-corrected chi connectivity index (χ4v) is 6.34. The molecule has 0 spiro atoms. The average molecular weight is 784 g/mol. The lowest BCUT2D eigenvalue weighted by Gasteiger charge is -2.15. The first-order valence-corrected chi connectivity index (χ1v) is 18.0. The summed E-state index contributed by atoms with van der Waals surface area (Å²) < 4.78 is 38.5. The van der Waals surface area contributed by atoms with E-state index < -0.39 is 16.1 Å². The van der Waals surface area contributed by atoms with E-state index in [-0.39, 0.29) is 16.4 Å². The number of hydrogen-bond acceptors (Lipinski definition) is 8. The Kier molecular flexibility index (Phi) is 11.1. The molecule has 4 N–H and O–H groups in total. The predicted molar refractivity (Wildman–Crippen MR) is 195 cm³/mol. The van der Waals surface area contributed by atoms with E-state index in [1.54, 1.807) is 53.2 Å². The SMILES string of the molecule is CCCC(I)c1cc(NC(=O)Nc2ccc(Oc3ccnc(NC(=O)COC)c3)c3ccccc23)n(-c2ccc(NS(C)(=O)=O)cc2)n1. The fourth-order valence-electron chi connectivity index (χ4n) is 4.84. The Morgan fingerprint density at radius 1 is 0.958 bits per heavy atom. The summed E-state index contributed by atoms with van der Waals surface area (Å²) in [5.74, 6) is 1.43. The zero-order valence-electron chi connectivity index (χ0n) is 26.4. The topological polar surface area (TPSA) is 166 Å². The molecule has 2 aromatic heterocycles. The Morgan fingerprint density at radius 3 is 2.42 bits per heavy atom. The number of hydrogen-bond donors (Lipinski definition) is 4. The maximum Gasteiger partial charge on any atom is 0.324 e. The standard InChI is InChI=1S/C33H34IN7O6S/c1-4-7-26(34)28-19-31(41(39-28)22-12-10-21(11-13-22)40-48(3,44)45)38-33(43)36-27-14-15-29(25-9-6-5-8-24(25)27)47-23-16-17-35-30(18-23)37-32(42)20-46-2/h5-6,8-19,26,40H,4,7,20H2,1-3H3,(H,35,37,42)(H2,36,38,43). The number of aromatic nitrogens is 3. The molecule has 0 saturated heterocycles. The quantitative estimate of drug-likeness (QED) is 0.0726. The second kappa shape index (κ2) is 15.4. The van der Waals surface area contributed by atoms with Gasteiger partial charge in [-0.25, -0.2) is 22.9 Å². The Bertz CT molecular complexity index is 2040. The van der Waals surface area contributed by atoms with Crippen LogP contribution in [0.4, 0.5) is 27.8 Å². The van der Waals surface area contributed by atoms with Crippen molar-refractivity contribution in [3.05, 3.63) is 90.8 Å². The van der Waals surface area contributed by atoms with Gasteiger partial charge in [0.25, 0.3) is 5.91 Å². The van der Waals surface area contributed by atoms with Crippen LogP contribution in [-0.2, 0) is 19.6 Å². The maximum absolute atomic E-state index is 13.4. The van der Waals surface area contributed by atoms with Gasteiger partial charge in [-0.15, -0.1) is 0 Å². The highest BCUT2D eigenvalue weighted by Crippen LogP contribution is 2.35. The van der Waals surface area contributed by atoms with E-state index in [4.69, 9.17) is 14.6 Å². The first-order chi connectivity index (χ1) is 23.0. The van der Waals surface area contributed by atoms with Gasteiger partial charge in [-0.1, -0.05) is 60.2 Å². The first-order valence-electron chi connectivity index (χ1n) is 14.9. The van der Waals surface area contributed by atoms with Crippen LogP contribution in [0.15, 0.2) is 85.1 Å². The van der Waals surface area contributed by atoms with Gasteiger partial charge in [-0.3, -0.25) is 14.8 Å². The van der Waals surface area contributed by atoms with Crippen molar-refractivity contribution in [2.45, 2.75) is 23.7 Å². The van der Waals surface area contributed by atoms with Gasteiger partial charge in [0.2, 0.25) is 10.0 Å². The molecule has 250 valence electrons. The molecule has 5 aromatic rings. The van der Waals surface area contributed by atoms with Gasteiger partial charge < -0.3 is 20.1 Å². The minimum Gasteiger partial charge on any atom is -0.457 e. The van der Waals surface area contributed by atoms with Crippen molar-refractivity contribution >= 4 is 78.3 Å². The number of benzene rings is 3. The minimum atomic E-state index is -3.43. The molecule has 0 aliphatic heterocycles. The summed E-state index contributed by atoms with van der Waals surface area (Å²) in [6.45, 7) is 2.00. The van der Waals surface area contributed by atoms with Crippen LogP contribution in [0.3, 0.4) is 0 Å². The number of carbonyl (C=O) groups excluding carboxylic acids is 2. The van der Waals surface area contributed by atoms with Crippen molar-refractivity contribution in [2.24, 2.45) is 0 Å². The van der Waals surface area contributed by atoms with Crippen LogP contribution in [-0.4, -0.2) is 55.1 Å². The molecule has 48 heavy (non-hydrogen) atoms. The molecular weight excluding hydrogens is 749 g/mol. The lowest BCUT2D eigenvalue weighted by Crippen LogP contribution is -2.21. The number of halogens is 1. The van der Waals surface area contributed by atoms with Gasteiger partial charge in [0.05, 0.1) is 27.2 Å². The number of methoxy groups -OCH3 is 1. The minimum absolute atomic E-state index is 0.0985. The van der Waals surface area contributed by atoms with Crippen molar-refractivity contribution in [2.75, 3.05) is 40.6 Å². The van der Waals surface area contributed by atoms with Crippen molar-refractivity contribution < 1.29 is 27.5 Å². The highest BCUT2D eigenvalue weighted by atomic mass is 127. The lowest BCUT2D eigenvalue weighted by molar-refractivity contribution is -0.119. The van der Waals surface area contributed by atoms with Crippen molar-refractivity contribution in [3.8, 4) is 17.2 Å². The van der Waals surface area contributed by atoms with Gasteiger partial charge in [0, 0.05) is 41.9 Å². The largest absolute Gasteiger partial charge is 0.457 e. The second-order valence-electron chi connectivity index (χ2n) is 10.7. The maximum atomic E-state index is 13.4. The number of rotatable bonds is 13. The number of fused-ring (bicyclic) bond motifs is 1. The number of amides is 3. The normalized spacial score (nSPS) is 11.9. The number of alkyl halides is 1. The van der Waals surface area contributed by atoms with E-state index in [2.05, 4.69) is 55.2 Å². The molecule has 2 heterocycles. The average Bonchev–Trinajstić information content (AvgIpc) is 3.46. The number of ether oxygens (including phenoxy) is 2. The Labute approximate surface area is 291 Å². The number of carbonyl (C=O) groups is 2. The third-order valence-corrected chi connectivity index (χ3v) is 8.75. The van der Waals surface area contributed by atoms with Crippen LogP contribution < -0.4 is 25.4 Å². The Morgan fingerprint density at radius 2 is 1.71 bits per heavy atom. The van der Waals surface area contributed by atoms with Crippen LogP contribution in [0.1, 0.15) is 29.4 Å². The molecular formula is C33H34IN7O6S. The summed E-state index contributed by atoms with van der Waals surface area (Å²) >= 11 is 2.34. The fraction of sp³-hybridized carbons (Fsp3) is 0.212. The predicted octanol–water partition coefficient (Wildman–Crippen LogP) is 7.09. The van der Waals surface area contributed by atoms with E-state index in [1.165, 1.54) is 13.3 Å². The highest BCUT2D eigenvalue weighted by molar-refractivity contribution is 14.1. The molecule has 15 heteroatoms. The molecule has 5 rings (SSSR count). The molecule has 0 radical (unpaired) electrons.